The topological polar surface area (TPSA) is 86.9 Å². The minimum atomic E-state index is -4.57. The molecule has 0 unspecified atom stereocenters. The van der Waals surface area contributed by atoms with Gasteiger partial charge in [-0.15, -0.1) is 0 Å². The van der Waals surface area contributed by atoms with E-state index in [9.17, 15) is 35.9 Å². The molecular formula is C40H30F6N4O2. The third-order valence-electron chi connectivity index (χ3n) is 9.35. The summed E-state index contributed by atoms with van der Waals surface area (Å²) in [4.78, 5) is 35.1. The molecule has 5 aromatic carbocycles. The third-order valence-corrected chi connectivity index (χ3v) is 9.35. The van der Waals surface area contributed by atoms with Gasteiger partial charge in [-0.05, 0) is 82.6 Å². The van der Waals surface area contributed by atoms with Crippen LogP contribution < -0.4 is 10.6 Å². The van der Waals surface area contributed by atoms with Crippen LogP contribution in [0.3, 0.4) is 0 Å². The van der Waals surface area contributed by atoms with Crippen molar-refractivity contribution in [1.29, 1.82) is 0 Å². The second kappa shape index (κ2) is 13.3. The van der Waals surface area contributed by atoms with Gasteiger partial charge in [0.25, 0.3) is 5.91 Å². The molecule has 0 saturated heterocycles. The standard InChI is InChI=1S/C40H30F6N4O2/c41-39(42,43)23-47-37(52)38(31-12-5-3-9-28(31)29-10-4-6-13-32(29)38)21-7-14-35-49-33-20-19-26(22-34(33)50-35)48-36(51)30-11-2-1-8-27(30)24-15-17-25(18-16-24)40(44,45)46/h1-6,8-13,15-20,22H,7,14,21,23H2,(H,47,52)(H,48,51)(H,49,50). The average molecular weight is 713 g/mol. The largest absolute Gasteiger partial charge is 0.416 e. The molecule has 0 radical (unpaired) electrons. The van der Waals surface area contributed by atoms with Crippen LogP contribution >= 0.6 is 0 Å². The number of hydrogen-bond acceptors (Lipinski definition) is 3. The Morgan fingerprint density at radius 3 is 1.98 bits per heavy atom. The van der Waals surface area contributed by atoms with Crippen LogP contribution in [0.1, 0.15) is 45.7 Å². The zero-order valence-electron chi connectivity index (χ0n) is 27.3. The number of alkyl halides is 6. The van der Waals surface area contributed by atoms with E-state index in [-0.39, 0.29) is 12.0 Å². The molecule has 0 fully saturated rings. The lowest BCUT2D eigenvalue weighted by atomic mass is 9.73. The summed E-state index contributed by atoms with van der Waals surface area (Å²) in [5.74, 6) is -0.579. The number of H-pyrrole nitrogens is 1. The number of aryl methyl sites for hydroxylation is 1. The van der Waals surface area contributed by atoms with Gasteiger partial charge in [0, 0.05) is 17.7 Å². The first-order valence-corrected chi connectivity index (χ1v) is 16.4. The maximum atomic E-state index is 13.8. The molecule has 6 aromatic rings. The maximum absolute atomic E-state index is 13.8. The minimum Gasteiger partial charge on any atom is -0.346 e. The molecular weight excluding hydrogens is 682 g/mol. The number of imidazole rings is 1. The molecule has 52 heavy (non-hydrogen) atoms. The maximum Gasteiger partial charge on any atom is 0.416 e. The second-order valence-electron chi connectivity index (χ2n) is 12.6. The number of hydrogen-bond donors (Lipinski definition) is 3. The van der Waals surface area contributed by atoms with Crippen molar-refractivity contribution < 1.29 is 35.9 Å². The fourth-order valence-corrected chi connectivity index (χ4v) is 7.03. The Hall–Kier alpha value is -5.91. The molecule has 1 aliphatic rings. The summed E-state index contributed by atoms with van der Waals surface area (Å²) >= 11 is 0. The fourth-order valence-electron chi connectivity index (χ4n) is 7.03. The molecule has 264 valence electrons. The summed E-state index contributed by atoms with van der Waals surface area (Å²) in [6.07, 6.45) is -8.03. The number of carbonyl (C=O) groups excluding carboxylic acids is 2. The normalized spacial score (nSPS) is 13.4. The molecule has 1 aliphatic carbocycles. The molecule has 6 nitrogen and oxygen atoms in total. The van der Waals surface area contributed by atoms with Crippen LogP contribution in [-0.4, -0.2) is 34.5 Å². The number of benzene rings is 5. The Morgan fingerprint density at radius 2 is 1.35 bits per heavy atom. The van der Waals surface area contributed by atoms with E-state index in [1.807, 2.05) is 24.3 Å². The monoisotopic (exact) mass is 712 g/mol. The highest BCUT2D eigenvalue weighted by Gasteiger charge is 2.49. The Kier molecular flexibility index (Phi) is 8.85. The van der Waals surface area contributed by atoms with Crippen molar-refractivity contribution in [2.24, 2.45) is 0 Å². The van der Waals surface area contributed by atoms with E-state index >= 15 is 0 Å². The first kappa shape index (κ1) is 34.5. The van der Waals surface area contributed by atoms with Gasteiger partial charge in [0.1, 0.15) is 17.8 Å². The van der Waals surface area contributed by atoms with Crippen molar-refractivity contribution in [3.63, 3.8) is 0 Å². The molecule has 0 spiro atoms. The highest BCUT2D eigenvalue weighted by atomic mass is 19.4. The number of rotatable bonds is 9. The molecule has 1 aromatic heterocycles. The van der Waals surface area contributed by atoms with E-state index in [0.29, 0.717) is 57.6 Å². The van der Waals surface area contributed by atoms with Crippen molar-refractivity contribution in [3.8, 4) is 22.3 Å². The van der Waals surface area contributed by atoms with Crippen LogP contribution in [0.15, 0.2) is 115 Å². The summed E-state index contributed by atoms with van der Waals surface area (Å²) in [6, 6.07) is 30.9. The van der Waals surface area contributed by atoms with Gasteiger partial charge in [0.15, 0.2) is 0 Å². The van der Waals surface area contributed by atoms with E-state index in [2.05, 4.69) is 20.6 Å². The van der Waals surface area contributed by atoms with Crippen molar-refractivity contribution in [2.45, 2.75) is 37.0 Å². The lowest BCUT2D eigenvalue weighted by Crippen LogP contribution is -2.47. The molecule has 0 atom stereocenters. The van der Waals surface area contributed by atoms with Gasteiger partial charge < -0.3 is 15.6 Å². The number of carbonyl (C=O) groups is 2. The molecule has 1 heterocycles. The van der Waals surface area contributed by atoms with Gasteiger partial charge >= 0.3 is 12.4 Å². The van der Waals surface area contributed by atoms with Crippen LogP contribution in [0.2, 0.25) is 0 Å². The van der Waals surface area contributed by atoms with E-state index in [1.54, 1.807) is 66.7 Å². The van der Waals surface area contributed by atoms with Crippen molar-refractivity contribution >= 4 is 28.5 Å². The molecule has 2 amide bonds. The first-order valence-electron chi connectivity index (χ1n) is 16.4. The highest BCUT2D eigenvalue weighted by molar-refractivity contribution is 6.09. The number of halogens is 6. The number of aromatic amines is 1. The smallest absolute Gasteiger partial charge is 0.346 e. The van der Waals surface area contributed by atoms with Crippen LogP contribution in [-0.2, 0) is 22.8 Å². The lowest BCUT2D eigenvalue weighted by Gasteiger charge is -2.31. The molecule has 12 heteroatoms. The number of aromatic nitrogens is 2. The zero-order valence-corrected chi connectivity index (χ0v) is 27.3. The van der Waals surface area contributed by atoms with Gasteiger partial charge in [-0.3, -0.25) is 9.59 Å². The Balaban J connectivity index is 1.09. The third kappa shape index (κ3) is 6.63. The summed E-state index contributed by atoms with van der Waals surface area (Å²) in [7, 11) is 0. The van der Waals surface area contributed by atoms with E-state index in [4.69, 9.17) is 0 Å². The summed E-state index contributed by atoms with van der Waals surface area (Å²) in [5.41, 5.74) is 3.69. The molecule has 7 rings (SSSR count). The van der Waals surface area contributed by atoms with Crippen LogP contribution in [0.4, 0.5) is 32.0 Å². The van der Waals surface area contributed by atoms with Gasteiger partial charge in [-0.25, -0.2) is 4.98 Å². The predicted molar refractivity (Wildman–Crippen MR) is 186 cm³/mol. The van der Waals surface area contributed by atoms with E-state index in [1.165, 1.54) is 12.1 Å². The number of amides is 2. The zero-order chi connectivity index (χ0) is 36.7. The Labute approximate surface area is 293 Å². The van der Waals surface area contributed by atoms with Crippen LogP contribution in [0, 0.1) is 0 Å². The number of nitrogens with one attached hydrogen (secondary N) is 3. The van der Waals surface area contributed by atoms with Crippen molar-refractivity contribution in [2.75, 3.05) is 11.9 Å². The number of fused-ring (bicyclic) bond motifs is 4. The highest BCUT2D eigenvalue weighted by Crippen LogP contribution is 2.51. The SMILES string of the molecule is O=C(Nc1ccc2nc(CCCC3(C(=O)NCC(F)(F)F)c4ccccc4-c4ccccc43)[nH]c2c1)c1ccccc1-c1ccc(C(F)(F)F)cc1. The molecule has 0 aliphatic heterocycles. The number of anilines is 1. The predicted octanol–water partition coefficient (Wildman–Crippen LogP) is 9.47. The Bertz CT molecular complexity index is 2250. The van der Waals surface area contributed by atoms with Crippen molar-refractivity contribution in [1.82, 2.24) is 15.3 Å². The molecule has 3 N–H and O–H groups in total. The summed E-state index contributed by atoms with van der Waals surface area (Å²) in [5, 5.41) is 5.00. The lowest BCUT2D eigenvalue weighted by molar-refractivity contribution is -0.141. The summed E-state index contributed by atoms with van der Waals surface area (Å²) in [6.45, 7) is -1.44. The van der Waals surface area contributed by atoms with Crippen LogP contribution in [0.5, 0.6) is 0 Å². The van der Waals surface area contributed by atoms with Gasteiger partial charge in [0.05, 0.1) is 16.6 Å². The van der Waals surface area contributed by atoms with Gasteiger partial charge in [0.2, 0.25) is 5.91 Å². The van der Waals surface area contributed by atoms with Gasteiger partial charge in [-0.1, -0.05) is 78.9 Å². The Morgan fingerprint density at radius 1 is 0.731 bits per heavy atom. The van der Waals surface area contributed by atoms with Crippen LogP contribution in [0.25, 0.3) is 33.3 Å². The quantitative estimate of drug-likeness (QED) is 0.131. The molecule has 0 bridgehead atoms. The van der Waals surface area contributed by atoms with E-state index < -0.39 is 41.7 Å². The second-order valence-corrected chi connectivity index (χ2v) is 12.6. The number of nitrogens with zero attached hydrogens (tertiary/aromatic N) is 1. The first-order chi connectivity index (χ1) is 24.8. The average Bonchev–Trinajstić information content (AvgIpc) is 3.66. The van der Waals surface area contributed by atoms with E-state index in [0.717, 1.165) is 23.3 Å². The van der Waals surface area contributed by atoms with Crippen molar-refractivity contribution in [3.05, 3.63) is 143 Å². The summed E-state index contributed by atoms with van der Waals surface area (Å²) < 4.78 is 79.0. The van der Waals surface area contributed by atoms with Gasteiger partial charge in [-0.2, -0.15) is 26.3 Å². The molecule has 0 saturated carbocycles. The fraction of sp³-hybridized carbons (Fsp3) is 0.175. The minimum absolute atomic E-state index is 0.224.